The van der Waals surface area contributed by atoms with Gasteiger partial charge in [-0.15, -0.1) is 23.1 Å². The Morgan fingerprint density at radius 2 is 1.90 bits per heavy atom. The molecule has 0 unspecified atom stereocenters. The highest BCUT2D eigenvalue weighted by atomic mass is 32.2. The van der Waals surface area contributed by atoms with E-state index in [1.165, 1.54) is 10.4 Å². The molecule has 4 nitrogen and oxygen atoms in total. The molecule has 2 heterocycles. The number of aromatic nitrogens is 2. The molecule has 3 rings (SSSR count). The topological polar surface area (TPSA) is 77.8 Å². The average molecular weight is 316 g/mol. The normalized spacial score (nSPS) is 11.1. The van der Waals surface area contributed by atoms with Gasteiger partial charge in [0.2, 0.25) is 0 Å². The van der Waals surface area contributed by atoms with Crippen molar-refractivity contribution in [1.29, 1.82) is 0 Å². The maximum Gasteiger partial charge on any atom is 0.142 e. The molecule has 0 amide bonds. The van der Waals surface area contributed by atoms with Crippen molar-refractivity contribution < 1.29 is 0 Å². The molecule has 0 fully saturated rings. The predicted octanol–water partition coefficient (Wildman–Crippen LogP) is 3.76. The van der Waals surface area contributed by atoms with Crippen molar-refractivity contribution in [3.05, 3.63) is 40.5 Å². The van der Waals surface area contributed by atoms with E-state index in [0.717, 1.165) is 26.6 Å². The molecular weight excluding hydrogens is 300 g/mol. The number of rotatable bonds is 3. The van der Waals surface area contributed by atoms with E-state index in [9.17, 15) is 0 Å². The van der Waals surface area contributed by atoms with Gasteiger partial charge in [0, 0.05) is 15.5 Å². The standard InChI is InChI=1S/C15H16N4S2/c1-8-9(2)21-15-13(8)14(17)18-12(19-15)7-20-11-6-4-3-5-10(11)16/h3-6H,7,16H2,1-2H3,(H2,17,18,19). The van der Waals surface area contributed by atoms with Crippen LogP contribution in [-0.4, -0.2) is 9.97 Å². The molecule has 0 spiro atoms. The maximum atomic E-state index is 6.09. The van der Waals surface area contributed by atoms with E-state index < -0.39 is 0 Å². The lowest BCUT2D eigenvalue weighted by atomic mass is 10.2. The Balaban J connectivity index is 1.90. The minimum absolute atomic E-state index is 0.568. The lowest BCUT2D eigenvalue weighted by molar-refractivity contribution is 1.08. The molecule has 0 saturated heterocycles. The maximum absolute atomic E-state index is 6.09. The number of hydrogen-bond donors (Lipinski definition) is 2. The van der Waals surface area contributed by atoms with E-state index in [1.807, 2.05) is 24.3 Å². The monoisotopic (exact) mass is 316 g/mol. The van der Waals surface area contributed by atoms with Crippen LogP contribution in [0.15, 0.2) is 29.2 Å². The van der Waals surface area contributed by atoms with Gasteiger partial charge in [-0.25, -0.2) is 9.97 Å². The first kappa shape index (κ1) is 14.2. The van der Waals surface area contributed by atoms with Gasteiger partial charge in [-0.3, -0.25) is 0 Å². The number of nitrogens with two attached hydrogens (primary N) is 2. The first-order chi connectivity index (χ1) is 10.1. The fraction of sp³-hybridized carbons (Fsp3) is 0.200. The zero-order chi connectivity index (χ0) is 15.0. The van der Waals surface area contributed by atoms with Gasteiger partial charge < -0.3 is 11.5 Å². The summed E-state index contributed by atoms with van der Waals surface area (Å²) in [7, 11) is 0. The van der Waals surface area contributed by atoms with Crippen LogP contribution in [0.3, 0.4) is 0 Å². The second-order valence-corrected chi connectivity index (χ2v) is 7.04. The Labute approximate surface area is 131 Å². The second-order valence-electron chi connectivity index (χ2n) is 4.81. The molecule has 0 atom stereocenters. The molecule has 0 saturated carbocycles. The summed E-state index contributed by atoms with van der Waals surface area (Å²) in [6.07, 6.45) is 0. The minimum Gasteiger partial charge on any atom is -0.398 e. The predicted molar refractivity (Wildman–Crippen MR) is 91.7 cm³/mol. The highest BCUT2D eigenvalue weighted by Gasteiger charge is 2.13. The molecule has 0 bridgehead atoms. The SMILES string of the molecule is Cc1sc2nc(CSc3ccccc3N)nc(N)c2c1C. The van der Waals surface area contributed by atoms with Gasteiger partial charge in [-0.1, -0.05) is 12.1 Å². The van der Waals surface area contributed by atoms with Crippen LogP contribution in [-0.2, 0) is 5.75 Å². The van der Waals surface area contributed by atoms with E-state index in [-0.39, 0.29) is 0 Å². The zero-order valence-corrected chi connectivity index (χ0v) is 13.5. The van der Waals surface area contributed by atoms with E-state index in [0.29, 0.717) is 11.6 Å². The molecule has 0 radical (unpaired) electrons. The van der Waals surface area contributed by atoms with Crippen molar-refractivity contribution in [3.8, 4) is 0 Å². The highest BCUT2D eigenvalue weighted by Crippen LogP contribution is 2.33. The van der Waals surface area contributed by atoms with Crippen molar-refractivity contribution in [1.82, 2.24) is 9.97 Å². The fourth-order valence-corrected chi connectivity index (χ4v) is 4.02. The Bertz CT molecular complexity index is 811. The van der Waals surface area contributed by atoms with E-state index >= 15 is 0 Å². The van der Waals surface area contributed by atoms with Gasteiger partial charge in [0.15, 0.2) is 0 Å². The van der Waals surface area contributed by atoms with E-state index in [2.05, 4.69) is 23.8 Å². The van der Waals surface area contributed by atoms with Crippen LogP contribution in [0.2, 0.25) is 0 Å². The summed E-state index contributed by atoms with van der Waals surface area (Å²) >= 11 is 3.29. The van der Waals surface area contributed by atoms with Crippen LogP contribution < -0.4 is 11.5 Å². The lowest BCUT2D eigenvalue weighted by Crippen LogP contribution is -1.99. The molecule has 0 aliphatic heterocycles. The Morgan fingerprint density at radius 3 is 2.67 bits per heavy atom. The van der Waals surface area contributed by atoms with Crippen molar-refractivity contribution in [3.63, 3.8) is 0 Å². The Kier molecular flexibility index (Phi) is 3.73. The van der Waals surface area contributed by atoms with Gasteiger partial charge in [-0.05, 0) is 31.5 Å². The van der Waals surface area contributed by atoms with Crippen LogP contribution in [0.4, 0.5) is 11.5 Å². The Hall–Kier alpha value is -1.79. The van der Waals surface area contributed by atoms with Gasteiger partial charge in [0.05, 0.1) is 11.1 Å². The summed E-state index contributed by atoms with van der Waals surface area (Å²) in [6, 6.07) is 7.80. The number of thioether (sulfide) groups is 1. The molecule has 0 aliphatic rings. The number of nitrogens with zero attached hydrogens (tertiary/aromatic N) is 2. The summed E-state index contributed by atoms with van der Waals surface area (Å²) in [5, 5.41) is 0.991. The summed E-state index contributed by atoms with van der Waals surface area (Å²) < 4.78 is 0. The van der Waals surface area contributed by atoms with Gasteiger partial charge in [0.25, 0.3) is 0 Å². The number of hydrogen-bond acceptors (Lipinski definition) is 6. The molecule has 3 aromatic rings. The summed E-state index contributed by atoms with van der Waals surface area (Å²) in [4.78, 5) is 12.3. The quantitative estimate of drug-likeness (QED) is 0.568. The molecule has 108 valence electrons. The number of nitrogen functional groups attached to an aromatic ring is 2. The van der Waals surface area contributed by atoms with Gasteiger partial charge >= 0.3 is 0 Å². The Morgan fingerprint density at radius 1 is 1.14 bits per heavy atom. The summed E-state index contributed by atoms with van der Waals surface area (Å²) in [5.41, 5.74) is 14.0. The van der Waals surface area contributed by atoms with Crippen molar-refractivity contribution in [2.45, 2.75) is 24.5 Å². The molecule has 4 N–H and O–H groups in total. The molecule has 0 aliphatic carbocycles. The zero-order valence-electron chi connectivity index (χ0n) is 11.9. The van der Waals surface area contributed by atoms with Crippen LogP contribution in [0.5, 0.6) is 0 Å². The van der Waals surface area contributed by atoms with Crippen molar-refractivity contribution in [2.75, 3.05) is 11.5 Å². The van der Waals surface area contributed by atoms with Crippen molar-refractivity contribution >= 4 is 44.8 Å². The first-order valence-corrected chi connectivity index (χ1v) is 8.36. The molecule has 1 aromatic carbocycles. The van der Waals surface area contributed by atoms with Crippen LogP contribution in [0.1, 0.15) is 16.3 Å². The minimum atomic E-state index is 0.568. The lowest BCUT2D eigenvalue weighted by Gasteiger charge is -2.05. The number of thiophene rings is 1. The molecule has 2 aromatic heterocycles. The first-order valence-electron chi connectivity index (χ1n) is 6.55. The van der Waals surface area contributed by atoms with Crippen LogP contribution in [0.25, 0.3) is 10.2 Å². The fourth-order valence-electron chi connectivity index (χ4n) is 2.15. The second kappa shape index (κ2) is 5.54. The van der Waals surface area contributed by atoms with Gasteiger partial charge in [-0.2, -0.15) is 0 Å². The number of anilines is 2. The third-order valence-corrected chi connectivity index (χ3v) is 5.57. The average Bonchev–Trinajstić information content (AvgIpc) is 2.73. The number of fused-ring (bicyclic) bond motifs is 1. The number of aryl methyl sites for hydroxylation is 2. The third kappa shape index (κ3) is 2.69. The summed E-state index contributed by atoms with van der Waals surface area (Å²) in [6.45, 7) is 4.15. The number of para-hydroxylation sites is 1. The molecular formula is C15H16N4S2. The van der Waals surface area contributed by atoms with E-state index in [4.69, 9.17) is 11.5 Å². The summed E-state index contributed by atoms with van der Waals surface area (Å²) in [5.74, 6) is 1.97. The number of benzene rings is 1. The van der Waals surface area contributed by atoms with Crippen molar-refractivity contribution in [2.24, 2.45) is 0 Å². The van der Waals surface area contributed by atoms with Crippen LogP contribution >= 0.6 is 23.1 Å². The highest BCUT2D eigenvalue weighted by molar-refractivity contribution is 7.98. The van der Waals surface area contributed by atoms with Gasteiger partial charge in [0.1, 0.15) is 16.5 Å². The van der Waals surface area contributed by atoms with E-state index in [1.54, 1.807) is 23.1 Å². The van der Waals surface area contributed by atoms with Crippen LogP contribution in [0, 0.1) is 13.8 Å². The molecule has 6 heteroatoms. The molecule has 21 heavy (non-hydrogen) atoms. The smallest absolute Gasteiger partial charge is 0.142 e. The third-order valence-electron chi connectivity index (χ3n) is 3.38. The largest absolute Gasteiger partial charge is 0.398 e.